The molecular formula is C37H70N2O5. The second-order valence-corrected chi connectivity index (χ2v) is 12.6. The van der Waals surface area contributed by atoms with Crippen molar-refractivity contribution in [3.8, 4) is 0 Å². The van der Waals surface area contributed by atoms with Gasteiger partial charge in [-0.05, 0) is 77.2 Å². The number of hydrogen-bond acceptors (Lipinski definition) is 5. The molecule has 0 aromatic rings. The summed E-state index contributed by atoms with van der Waals surface area (Å²) in [6.45, 7) is 4.78. The molecule has 0 heterocycles. The first-order valence-electron chi connectivity index (χ1n) is 18.5. The zero-order valence-electron chi connectivity index (χ0n) is 28.8. The molecule has 2 atom stereocenters. The van der Waals surface area contributed by atoms with Gasteiger partial charge in [-0.1, -0.05) is 116 Å². The summed E-state index contributed by atoms with van der Waals surface area (Å²) >= 11 is 0. The summed E-state index contributed by atoms with van der Waals surface area (Å²) in [6.07, 6.45) is 33.3. The van der Waals surface area contributed by atoms with Crippen molar-refractivity contribution in [2.45, 2.75) is 199 Å². The first-order valence-corrected chi connectivity index (χ1v) is 18.5. The Labute approximate surface area is 270 Å². The fourth-order valence-corrected chi connectivity index (χ4v) is 5.56. The number of carbonyl (C=O) groups is 3. The van der Waals surface area contributed by atoms with E-state index in [-0.39, 0.29) is 18.0 Å². The van der Waals surface area contributed by atoms with Crippen LogP contribution in [0.2, 0.25) is 0 Å². The number of aliphatic carboxylic acids is 1. The molecule has 4 N–H and O–H groups in total. The van der Waals surface area contributed by atoms with Crippen molar-refractivity contribution in [3.63, 3.8) is 0 Å². The highest BCUT2D eigenvalue weighted by Crippen LogP contribution is 2.16. The third-order valence-corrected chi connectivity index (χ3v) is 8.31. The van der Waals surface area contributed by atoms with Crippen LogP contribution in [0.4, 0.5) is 0 Å². The van der Waals surface area contributed by atoms with Gasteiger partial charge >= 0.3 is 11.9 Å². The van der Waals surface area contributed by atoms with Gasteiger partial charge in [-0.3, -0.25) is 9.59 Å². The van der Waals surface area contributed by atoms with Gasteiger partial charge in [-0.15, -0.1) is 0 Å². The van der Waals surface area contributed by atoms with Gasteiger partial charge in [-0.25, -0.2) is 4.79 Å². The molecule has 258 valence electrons. The lowest BCUT2D eigenvalue weighted by atomic mass is 10.0. The molecular weight excluding hydrogens is 552 g/mol. The van der Waals surface area contributed by atoms with Crippen LogP contribution in [-0.4, -0.2) is 41.6 Å². The van der Waals surface area contributed by atoms with E-state index in [9.17, 15) is 19.5 Å². The minimum absolute atomic E-state index is 0.0511. The SMILES string of the molecule is CCCCCCCC/C=C\CCCCCCCCCCCC(=O)OC(CCC)CCCCCC(=O)NC(CCCN)C(=O)O. The molecule has 0 aliphatic carbocycles. The van der Waals surface area contributed by atoms with Gasteiger partial charge in [0.25, 0.3) is 0 Å². The molecule has 0 radical (unpaired) electrons. The zero-order chi connectivity index (χ0) is 32.5. The Bertz CT molecular complexity index is 712. The molecule has 0 aliphatic rings. The fourth-order valence-electron chi connectivity index (χ4n) is 5.56. The largest absolute Gasteiger partial charge is 0.480 e. The highest BCUT2D eigenvalue weighted by atomic mass is 16.5. The van der Waals surface area contributed by atoms with Crippen LogP contribution in [0.25, 0.3) is 0 Å². The highest BCUT2D eigenvalue weighted by molar-refractivity contribution is 5.83. The Morgan fingerprint density at radius 2 is 1.16 bits per heavy atom. The van der Waals surface area contributed by atoms with E-state index in [1.54, 1.807) is 0 Å². The minimum Gasteiger partial charge on any atom is -0.480 e. The van der Waals surface area contributed by atoms with E-state index in [1.165, 1.54) is 96.3 Å². The Morgan fingerprint density at radius 1 is 0.636 bits per heavy atom. The number of unbranched alkanes of at least 4 members (excludes halogenated alkanes) is 17. The van der Waals surface area contributed by atoms with E-state index in [0.29, 0.717) is 38.6 Å². The van der Waals surface area contributed by atoms with Crippen LogP contribution in [0.1, 0.15) is 187 Å². The second-order valence-electron chi connectivity index (χ2n) is 12.6. The predicted octanol–water partition coefficient (Wildman–Crippen LogP) is 9.56. The summed E-state index contributed by atoms with van der Waals surface area (Å²) < 4.78 is 5.77. The van der Waals surface area contributed by atoms with Crippen LogP contribution in [0, 0.1) is 0 Å². The maximum Gasteiger partial charge on any atom is 0.326 e. The van der Waals surface area contributed by atoms with Crippen molar-refractivity contribution in [2.75, 3.05) is 6.54 Å². The molecule has 0 aromatic carbocycles. The number of esters is 1. The molecule has 7 nitrogen and oxygen atoms in total. The summed E-state index contributed by atoms with van der Waals surface area (Å²) in [5, 5.41) is 11.8. The molecule has 0 saturated carbocycles. The molecule has 0 spiro atoms. The van der Waals surface area contributed by atoms with E-state index in [1.807, 2.05) is 0 Å². The van der Waals surface area contributed by atoms with E-state index in [2.05, 4.69) is 31.3 Å². The molecule has 0 fully saturated rings. The van der Waals surface area contributed by atoms with Crippen LogP contribution >= 0.6 is 0 Å². The first kappa shape index (κ1) is 42.1. The molecule has 2 unspecified atom stereocenters. The fraction of sp³-hybridized carbons (Fsp3) is 0.865. The number of hydrogen-bond donors (Lipinski definition) is 3. The Hall–Kier alpha value is -1.89. The van der Waals surface area contributed by atoms with Crippen LogP contribution in [0.3, 0.4) is 0 Å². The van der Waals surface area contributed by atoms with Crippen LogP contribution < -0.4 is 11.1 Å². The zero-order valence-corrected chi connectivity index (χ0v) is 28.8. The number of carboxylic acids is 1. The number of carbonyl (C=O) groups excluding carboxylic acids is 2. The van der Waals surface area contributed by atoms with Crippen molar-refractivity contribution >= 4 is 17.8 Å². The number of carboxylic acid groups (broad SMARTS) is 1. The van der Waals surface area contributed by atoms with Crippen molar-refractivity contribution in [2.24, 2.45) is 5.73 Å². The number of rotatable bonds is 33. The Balaban J connectivity index is 3.72. The maximum absolute atomic E-state index is 12.4. The van der Waals surface area contributed by atoms with E-state index in [0.717, 1.165) is 44.9 Å². The molecule has 0 aliphatic heterocycles. The minimum atomic E-state index is -1.02. The van der Waals surface area contributed by atoms with E-state index in [4.69, 9.17) is 10.5 Å². The van der Waals surface area contributed by atoms with E-state index >= 15 is 0 Å². The lowest BCUT2D eigenvalue weighted by Gasteiger charge is -2.17. The quantitative estimate of drug-likeness (QED) is 0.0381. The molecule has 0 rings (SSSR count). The third kappa shape index (κ3) is 28.9. The standard InChI is InChI=1S/C37H70N2O5/c1-3-5-6-7-8-9-10-11-12-13-14-15-16-17-18-19-20-21-25-31-36(41)44-33(27-4-2)28-23-22-24-30-35(40)39-34(37(42)43)29-26-32-38/h11-12,33-34H,3-10,13-32,38H2,1-2H3,(H,39,40)(H,42,43)/b12-11-. The Morgan fingerprint density at radius 3 is 1.70 bits per heavy atom. The normalized spacial score (nSPS) is 12.8. The lowest BCUT2D eigenvalue weighted by Crippen LogP contribution is -2.40. The average Bonchev–Trinajstić information content (AvgIpc) is 3.00. The molecule has 44 heavy (non-hydrogen) atoms. The maximum atomic E-state index is 12.4. The van der Waals surface area contributed by atoms with E-state index < -0.39 is 12.0 Å². The summed E-state index contributed by atoms with van der Waals surface area (Å²) in [7, 11) is 0. The number of allylic oxidation sites excluding steroid dienone is 2. The van der Waals surface area contributed by atoms with Gasteiger partial charge in [0.05, 0.1) is 0 Å². The Kier molecular flexibility index (Phi) is 31.1. The summed E-state index contributed by atoms with van der Waals surface area (Å²) in [6, 6.07) is -0.869. The first-order chi connectivity index (χ1) is 21.4. The molecule has 0 bridgehead atoms. The van der Waals surface area contributed by atoms with Gasteiger partial charge < -0.3 is 20.9 Å². The van der Waals surface area contributed by atoms with Gasteiger partial charge in [0.15, 0.2) is 0 Å². The van der Waals surface area contributed by atoms with Crippen molar-refractivity contribution in [1.82, 2.24) is 5.32 Å². The monoisotopic (exact) mass is 623 g/mol. The molecule has 0 aromatic heterocycles. The highest BCUT2D eigenvalue weighted by Gasteiger charge is 2.19. The third-order valence-electron chi connectivity index (χ3n) is 8.31. The smallest absolute Gasteiger partial charge is 0.326 e. The van der Waals surface area contributed by atoms with Gasteiger partial charge in [0, 0.05) is 12.8 Å². The van der Waals surface area contributed by atoms with Gasteiger partial charge in [0.2, 0.25) is 5.91 Å². The molecule has 1 amide bonds. The molecule has 0 saturated heterocycles. The number of nitrogens with two attached hydrogens (primary N) is 1. The summed E-state index contributed by atoms with van der Waals surface area (Å²) in [5.41, 5.74) is 5.44. The van der Waals surface area contributed by atoms with Crippen molar-refractivity contribution < 1.29 is 24.2 Å². The van der Waals surface area contributed by atoms with Gasteiger partial charge in [0.1, 0.15) is 12.1 Å². The van der Waals surface area contributed by atoms with Crippen LogP contribution in [-0.2, 0) is 19.1 Å². The van der Waals surface area contributed by atoms with Crippen LogP contribution in [0.15, 0.2) is 12.2 Å². The van der Waals surface area contributed by atoms with Crippen LogP contribution in [0.5, 0.6) is 0 Å². The number of amides is 1. The van der Waals surface area contributed by atoms with Crippen molar-refractivity contribution in [1.29, 1.82) is 0 Å². The second kappa shape index (κ2) is 32.5. The molecule has 7 heteroatoms. The lowest BCUT2D eigenvalue weighted by molar-refractivity contribution is -0.150. The number of ether oxygens (including phenoxy) is 1. The topological polar surface area (TPSA) is 119 Å². The average molecular weight is 623 g/mol. The van der Waals surface area contributed by atoms with Crippen molar-refractivity contribution in [3.05, 3.63) is 12.2 Å². The van der Waals surface area contributed by atoms with Gasteiger partial charge in [-0.2, -0.15) is 0 Å². The number of nitrogens with one attached hydrogen (secondary N) is 1. The summed E-state index contributed by atoms with van der Waals surface area (Å²) in [5.74, 6) is -1.33. The predicted molar refractivity (Wildman–Crippen MR) is 184 cm³/mol. The summed E-state index contributed by atoms with van der Waals surface area (Å²) in [4.78, 5) is 35.7.